The highest BCUT2D eigenvalue weighted by Gasteiger charge is 2.22. The van der Waals surface area contributed by atoms with Gasteiger partial charge in [-0.3, -0.25) is 10.3 Å². The monoisotopic (exact) mass is 374 g/mol. The Morgan fingerprint density at radius 3 is 3.00 bits per heavy atom. The number of rotatable bonds is 7. The molecular formula is C17H20N5OS2+. The van der Waals surface area contributed by atoms with E-state index in [4.69, 9.17) is 0 Å². The Hall–Kier alpha value is -2.06. The molecule has 0 saturated carbocycles. The molecule has 8 heteroatoms. The second-order valence-electron chi connectivity index (χ2n) is 5.67. The molecule has 1 aliphatic rings. The molecule has 3 heterocycles. The first-order valence-electron chi connectivity index (χ1n) is 8.02. The largest absolute Gasteiger partial charge is 0.428 e. The van der Waals surface area contributed by atoms with Crippen molar-refractivity contribution in [2.45, 2.75) is 19.1 Å². The molecule has 1 aliphatic heterocycles. The lowest BCUT2D eigenvalue weighted by atomic mass is 10.1. The van der Waals surface area contributed by atoms with Crippen LogP contribution in [0.1, 0.15) is 16.3 Å². The zero-order valence-corrected chi connectivity index (χ0v) is 15.6. The van der Waals surface area contributed by atoms with Gasteiger partial charge in [0.05, 0.1) is 6.54 Å². The fraction of sp³-hybridized carbons (Fsp3) is 0.353. The lowest BCUT2D eigenvalue weighted by Gasteiger charge is -2.09. The number of pyridine rings is 1. The molecule has 0 unspecified atom stereocenters. The van der Waals surface area contributed by atoms with Crippen molar-refractivity contribution in [2.24, 2.45) is 4.99 Å². The SMILES string of the molecule is Cc1ccc(CC2=CN=C(NCCSCc3nccs3)[N+](=O)C2)cn1. The first-order valence-corrected chi connectivity index (χ1v) is 10.1. The van der Waals surface area contributed by atoms with Crippen LogP contribution in [-0.2, 0) is 12.2 Å². The molecule has 1 N–H and O–H groups in total. The van der Waals surface area contributed by atoms with E-state index in [0.29, 0.717) is 25.5 Å². The number of nitrogens with one attached hydrogen (secondary N) is 1. The van der Waals surface area contributed by atoms with Crippen molar-refractivity contribution in [3.8, 4) is 0 Å². The van der Waals surface area contributed by atoms with Gasteiger partial charge in [-0.2, -0.15) is 11.8 Å². The topological polar surface area (TPSA) is 70.2 Å². The molecule has 0 bridgehead atoms. The predicted molar refractivity (Wildman–Crippen MR) is 103 cm³/mol. The van der Waals surface area contributed by atoms with Gasteiger partial charge in [0.25, 0.3) is 0 Å². The third-order valence-electron chi connectivity index (χ3n) is 3.59. The molecule has 0 spiro atoms. The summed E-state index contributed by atoms with van der Waals surface area (Å²) in [6.45, 7) is 3.01. The highest BCUT2D eigenvalue weighted by molar-refractivity contribution is 7.98. The number of aryl methyl sites for hydroxylation is 1. The Labute approximate surface area is 155 Å². The van der Waals surface area contributed by atoms with E-state index in [2.05, 4.69) is 20.3 Å². The maximum absolute atomic E-state index is 12.2. The smallest absolute Gasteiger partial charge is 0.271 e. The van der Waals surface area contributed by atoms with Crippen LogP contribution in [0.15, 0.2) is 46.7 Å². The Balaban J connectivity index is 1.44. The fourth-order valence-corrected chi connectivity index (χ4v) is 3.90. The molecule has 0 fully saturated rings. The van der Waals surface area contributed by atoms with Crippen LogP contribution in [0.4, 0.5) is 0 Å². The van der Waals surface area contributed by atoms with E-state index in [-0.39, 0.29) is 0 Å². The highest BCUT2D eigenvalue weighted by Crippen LogP contribution is 2.14. The van der Waals surface area contributed by atoms with Gasteiger partial charge in [-0.25, -0.2) is 4.98 Å². The molecule has 0 amide bonds. The Morgan fingerprint density at radius 2 is 2.28 bits per heavy atom. The Bertz CT molecular complexity index is 769. The van der Waals surface area contributed by atoms with Crippen LogP contribution in [0.2, 0.25) is 0 Å². The van der Waals surface area contributed by atoms with Crippen molar-refractivity contribution in [2.75, 3.05) is 18.8 Å². The number of nitroso groups, excluding NO2 is 1. The Morgan fingerprint density at radius 1 is 1.36 bits per heavy atom. The summed E-state index contributed by atoms with van der Waals surface area (Å²) in [4.78, 5) is 24.9. The van der Waals surface area contributed by atoms with Crippen molar-refractivity contribution >= 4 is 29.1 Å². The van der Waals surface area contributed by atoms with Crippen molar-refractivity contribution < 1.29 is 4.76 Å². The minimum Gasteiger partial charge on any atom is -0.271 e. The number of thioether (sulfide) groups is 1. The number of thiazole rings is 1. The van der Waals surface area contributed by atoms with Crippen LogP contribution in [-0.4, -0.2) is 39.5 Å². The zero-order valence-electron chi connectivity index (χ0n) is 14.0. The lowest BCUT2D eigenvalue weighted by Crippen LogP contribution is -2.37. The normalized spacial score (nSPS) is 14.2. The molecule has 2 aromatic heterocycles. The summed E-state index contributed by atoms with van der Waals surface area (Å²) in [5.74, 6) is 2.19. The van der Waals surface area contributed by atoms with Crippen molar-refractivity contribution in [3.05, 3.63) is 62.9 Å². The molecule has 3 rings (SSSR count). The zero-order chi connectivity index (χ0) is 17.5. The summed E-state index contributed by atoms with van der Waals surface area (Å²) < 4.78 is 0.919. The molecule has 25 heavy (non-hydrogen) atoms. The average Bonchev–Trinajstić information content (AvgIpc) is 3.12. The van der Waals surface area contributed by atoms with E-state index in [1.807, 2.05) is 36.8 Å². The minimum atomic E-state index is 0.339. The number of nitrogens with zero attached hydrogens (tertiary/aromatic N) is 4. The van der Waals surface area contributed by atoms with Crippen LogP contribution in [0.3, 0.4) is 0 Å². The van der Waals surface area contributed by atoms with Gasteiger partial charge in [0, 0.05) is 47.0 Å². The first-order chi connectivity index (χ1) is 12.2. The summed E-state index contributed by atoms with van der Waals surface area (Å²) in [5.41, 5.74) is 3.07. The van der Waals surface area contributed by atoms with Gasteiger partial charge in [-0.15, -0.1) is 11.3 Å². The minimum absolute atomic E-state index is 0.339. The molecular weight excluding hydrogens is 354 g/mol. The quantitative estimate of drug-likeness (QED) is 0.596. The third-order valence-corrected chi connectivity index (χ3v) is 5.53. The van der Waals surface area contributed by atoms with Gasteiger partial charge in [-0.05, 0) is 23.3 Å². The standard InChI is InChI=1S/C17H20N5OS2/c1-13-2-3-14(9-20-13)8-15-10-21-17(22(23)11-15)19-4-6-24-12-16-18-5-7-25-16/h2-3,5,7,9-10H,4,6,8,11-12H2,1H3,(H,19,21)/q+1. The van der Waals surface area contributed by atoms with Gasteiger partial charge in [-0.1, -0.05) is 16.0 Å². The summed E-state index contributed by atoms with van der Waals surface area (Å²) in [6, 6.07) is 4.02. The van der Waals surface area contributed by atoms with Gasteiger partial charge in [0.1, 0.15) is 17.8 Å². The molecule has 0 radical (unpaired) electrons. The lowest BCUT2D eigenvalue weighted by molar-refractivity contribution is -0.428. The van der Waals surface area contributed by atoms with Crippen LogP contribution >= 0.6 is 23.1 Å². The number of hydrogen-bond donors (Lipinski definition) is 1. The Kier molecular flexibility index (Phi) is 6.30. The number of aliphatic imine (C=N–C) groups is 1. The first kappa shape index (κ1) is 17.8. The molecule has 2 aromatic rings. The van der Waals surface area contributed by atoms with Gasteiger partial charge in [0.2, 0.25) is 0 Å². The van der Waals surface area contributed by atoms with E-state index in [1.54, 1.807) is 29.3 Å². The summed E-state index contributed by atoms with van der Waals surface area (Å²) in [5, 5.41) is 6.22. The summed E-state index contributed by atoms with van der Waals surface area (Å²) in [6.07, 6.45) is 6.16. The predicted octanol–water partition coefficient (Wildman–Crippen LogP) is 2.94. The molecule has 0 saturated heterocycles. The van der Waals surface area contributed by atoms with Crippen molar-refractivity contribution in [1.29, 1.82) is 0 Å². The second-order valence-corrected chi connectivity index (χ2v) is 7.75. The van der Waals surface area contributed by atoms with Gasteiger partial charge >= 0.3 is 5.96 Å². The highest BCUT2D eigenvalue weighted by atomic mass is 32.2. The molecule has 0 aliphatic carbocycles. The van der Waals surface area contributed by atoms with Crippen molar-refractivity contribution in [1.82, 2.24) is 15.3 Å². The summed E-state index contributed by atoms with van der Waals surface area (Å²) in [7, 11) is 0. The number of hydrogen-bond acceptors (Lipinski definition) is 7. The van der Waals surface area contributed by atoms with Crippen LogP contribution < -0.4 is 5.32 Å². The van der Waals surface area contributed by atoms with Gasteiger partial charge in [0.15, 0.2) is 0 Å². The van der Waals surface area contributed by atoms with E-state index in [9.17, 15) is 4.91 Å². The van der Waals surface area contributed by atoms with E-state index in [1.165, 1.54) is 0 Å². The molecule has 0 atom stereocenters. The summed E-state index contributed by atoms with van der Waals surface area (Å²) >= 11 is 3.46. The molecule has 130 valence electrons. The van der Waals surface area contributed by atoms with Gasteiger partial charge < -0.3 is 0 Å². The van der Waals surface area contributed by atoms with E-state index in [0.717, 1.165) is 38.1 Å². The molecule has 0 aromatic carbocycles. The number of guanidine groups is 1. The van der Waals surface area contributed by atoms with Crippen molar-refractivity contribution in [3.63, 3.8) is 0 Å². The number of aromatic nitrogens is 2. The van der Waals surface area contributed by atoms with Crippen LogP contribution in [0.5, 0.6) is 0 Å². The third kappa shape index (κ3) is 5.47. The molecule has 6 nitrogen and oxygen atoms in total. The fourth-order valence-electron chi connectivity index (χ4n) is 2.34. The van der Waals surface area contributed by atoms with E-state index < -0.39 is 0 Å². The maximum atomic E-state index is 12.2. The second kappa shape index (κ2) is 8.87. The van der Waals surface area contributed by atoms with Crippen LogP contribution in [0, 0.1) is 11.8 Å². The van der Waals surface area contributed by atoms with Crippen LogP contribution in [0.25, 0.3) is 0 Å². The average molecular weight is 375 g/mol. The van der Waals surface area contributed by atoms with E-state index >= 15 is 0 Å². The maximum Gasteiger partial charge on any atom is 0.428 e.